The van der Waals surface area contributed by atoms with Crippen molar-refractivity contribution < 1.29 is 14.3 Å². The third-order valence-corrected chi connectivity index (χ3v) is 6.20. The lowest BCUT2D eigenvalue weighted by atomic mass is 10.0. The van der Waals surface area contributed by atoms with Crippen molar-refractivity contribution in [2.24, 2.45) is 5.73 Å². The van der Waals surface area contributed by atoms with Crippen LogP contribution in [0.2, 0.25) is 0 Å². The summed E-state index contributed by atoms with van der Waals surface area (Å²) in [4.78, 5) is 18.5. The van der Waals surface area contributed by atoms with E-state index in [0.717, 1.165) is 11.8 Å². The number of β-amino-alcohol motifs (C(OH)–C–C–N with tert-alkyl or cyclic N) is 1. The number of aliphatic hydroxyl groups excluding tert-OH is 1. The molecule has 7 nitrogen and oxygen atoms in total. The second-order valence-corrected chi connectivity index (χ2v) is 7.95. The number of aliphatic hydroxyl groups is 1. The zero-order chi connectivity index (χ0) is 21.8. The molecule has 2 aromatic rings. The minimum Gasteiger partial charge on any atom is -0.391 e. The molecular formula is C21H20FN5O2S. The van der Waals surface area contributed by atoms with Gasteiger partial charge in [0.2, 0.25) is 5.91 Å². The maximum Gasteiger partial charge on any atom is 0.235 e. The second kappa shape index (κ2) is 9.12. The first-order valence-corrected chi connectivity index (χ1v) is 10.3. The Morgan fingerprint density at radius 2 is 2.10 bits per heavy atom. The van der Waals surface area contributed by atoms with Crippen LogP contribution in [-0.2, 0) is 11.2 Å². The number of nitrogens with zero attached hydrogens (tertiary/aromatic N) is 4. The van der Waals surface area contributed by atoms with E-state index in [2.05, 4.69) is 17.1 Å². The van der Waals surface area contributed by atoms with Gasteiger partial charge in [0.25, 0.3) is 0 Å². The molecule has 9 heteroatoms. The van der Waals surface area contributed by atoms with Gasteiger partial charge in [-0.05, 0) is 24.5 Å². The standard InChI is InChI=1S/C21H20FN5O2S/c1-2-13-15(9-23)20(27-8-7-12(28)11-27)26-21(16(13)10-24)30-18(19(25)29)14-5-3-4-6-17(14)22/h3-6,12,18,28H,2,7-8,11H2,1H3,(H2,25,29). The number of hydrogen-bond donors (Lipinski definition) is 2. The molecule has 2 atom stereocenters. The second-order valence-electron chi connectivity index (χ2n) is 6.86. The fourth-order valence-corrected chi connectivity index (χ4v) is 4.59. The lowest BCUT2D eigenvalue weighted by molar-refractivity contribution is -0.117. The molecule has 1 aliphatic heterocycles. The van der Waals surface area contributed by atoms with E-state index in [1.165, 1.54) is 18.2 Å². The number of amides is 1. The molecule has 0 saturated carbocycles. The van der Waals surface area contributed by atoms with E-state index in [0.29, 0.717) is 37.3 Å². The van der Waals surface area contributed by atoms with Crippen molar-refractivity contribution >= 4 is 23.5 Å². The number of benzene rings is 1. The molecule has 154 valence electrons. The minimum absolute atomic E-state index is 0.0984. The van der Waals surface area contributed by atoms with Crippen molar-refractivity contribution in [3.05, 3.63) is 52.3 Å². The Balaban J connectivity index is 2.15. The molecule has 0 aliphatic carbocycles. The zero-order valence-corrected chi connectivity index (χ0v) is 17.1. The summed E-state index contributed by atoms with van der Waals surface area (Å²) in [5.74, 6) is -1.000. The van der Waals surface area contributed by atoms with E-state index < -0.39 is 23.1 Å². The highest BCUT2D eigenvalue weighted by atomic mass is 32.2. The van der Waals surface area contributed by atoms with Crippen LogP contribution in [0, 0.1) is 28.5 Å². The number of rotatable bonds is 6. The van der Waals surface area contributed by atoms with Gasteiger partial charge >= 0.3 is 0 Å². The molecule has 3 rings (SSSR count). The van der Waals surface area contributed by atoms with Gasteiger partial charge in [0.05, 0.1) is 17.2 Å². The number of nitrogens with two attached hydrogens (primary N) is 1. The van der Waals surface area contributed by atoms with Crippen LogP contribution in [0.3, 0.4) is 0 Å². The Kier molecular flexibility index (Phi) is 6.56. The highest BCUT2D eigenvalue weighted by molar-refractivity contribution is 8.00. The smallest absolute Gasteiger partial charge is 0.235 e. The zero-order valence-electron chi connectivity index (χ0n) is 16.3. The predicted octanol–water partition coefficient (Wildman–Crippen LogP) is 2.42. The van der Waals surface area contributed by atoms with Crippen molar-refractivity contribution in [2.45, 2.75) is 36.1 Å². The third kappa shape index (κ3) is 4.09. The van der Waals surface area contributed by atoms with Crippen molar-refractivity contribution in [1.29, 1.82) is 10.5 Å². The van der Waals surface area contributed by atoms with E-state index in [-0.39, 0.29) is 21.7 Å². The highest BCUT2D eigenvalue weighted by Crippen LogP contribution is 2.40. The molecule has 1 fully saturated rings. The summed E-state index contributed by atoms with van der Waals surface area (Å²) in [6.07, 6.45) is 0.397. The van der Waals surface area contributed by atoms with Crippen molar-refractivity contribution in [2.75, 3.05) is 18.0 Å². The molecule has 2 heterocycles. The summed E-state index contributed by atoms with van der Waals surface area (Å²) < 4.78 is 14.3. The molecule has 3 N–H and O–H groups in total. The SMILES string of the molecule is CCc1c(C#N)c(SC(C(N)=O)c2ccccc2F)nc(N2CCC(O)C2)c1C#N. The molecule has 2 unspecified atom stereocenters. The van der Waals surface area contributed by atoms with E-state index in [1.807, 2.05) is 6.92 Å². The lowest BCUT2D eigenvalue weighted by Gasteiger charge is -2.22. The minimum atomic E-state index is -1.10. The first-order chi connectivity index (χ1) is 14.4. The number of carbonyl (C=O) groups is 1. The van der Waals surface area contributed by atoms with Gasteiger partial charge in [-0.15, -0.1) is 0 Å². The number of halogens is 1. The van der Waals surface area contributed by atoms with Gasteiger partial charge < -0.3 is 15.7 Å². The maximum absolute atomic E-state index is 14.3. The van der Waals surface area contributed by atoms with Crippen LogP contribution in [0.25, 0.3) is 0 Å². The Hall–Kier alpha value is -3.14. The van der Waals surface area contributed by atoms with Crippen LogP contribution >= 0.6 is 11.8 Å². The molecule has 0 bridgehead atoms. The van der Waals surface area contributed by atoms with Crippen LogP contribution in [0.1, 0.15) is 40.8 Å². The highest BCUT2D eigenvalue weighted by Gasteiger charge is 2.30. The first-order valence-electron chi connectivity index (χ1n) is 9.41. The average molecular weight is 425 g/mol. The van der Waals surface area contributed by atoms with Gasteiger partial charge in [-0.25, -0.2) is 9.37 Å². The van der Waals surface area contributed by atoms with Crippen LogP contribution in [0.4, 0.5) is 10.2 Å². The number of primary amides is 1. The van der Waals surface area contributed by atoms with E-state index >= 15 is 0 Å². The summed E-state index contributed by atoms with van der Waals surface area (Å²) in [5, 5.41) is 28.5. The van der Waals surface area contributed by atoms with Gasteiger partial charge in [-0.3, -0.25) is 4.79 Å². The predicted molar refractivity (Wildman–Crippen MR) is 110 cm³/mol. The molecule has 0 radical (unpaired) electrons. The van der Waals surface area contributed by atoms with Crippen LogP contribution in [0.15, 0.2) is 29.3 Å². The number of anilines is 1. The molecule has 1 aromatic carbocycles. The third-order valence-electron chi connectivity index (χ3n) is 4.96. The quantitative estimate of drug-likeness (QED) is 0.680. The van der Waals surface area contributed by atoms with Crippen LogP contribution in [-0.4, -0.2) is 35.2 Å². The topological polar surface area (TPSA) is 127 Å². The normalized spacial score (nSPS) is 16.7. The first kappa shape index (κ1) is 21.6. The molecular weight excluding hydrogens is 405 g/mol. The Bertz CT molecular complexity index is 1060. The van der Waals surface area contributed by atoms with E-state index in [1.54, 1.807) is 11.0 Å². The molecule has 1 aliphatic rings. The number of aromatic nitrogens is 1. The average Bonchev–Trinajstić information content (AvgIpc) is 3.17. The number of nitriles is 2. The summed E-state index contributed by atoms with van der Waals surface area (Å²) in [6.45, 7) is 2.64. The Morgan fingerprint density at radius 1 is 1.40 bits per heavy atom. The van der Waals surface area contributed by atoms with Crippen LogP contribution < -0.4 is 10.6 Å². The van der Waals surface area contributed by atoms with Gasteiger partial charge in [0, 0.05) is 18.7 Å². The molecule has 1 saturated heterocycles. The van der Waals surface area contributed by atoms with Crippen molar-refractivity contribution in [3.8, 4) is 12.1 Å². The van der Waals surface area contributed by atoms with Gasteiger partial charge in [-0.2, -0.15) is 10.5 Å². The molecule has 1 aromatic heterocycles. The van der Waals surface area contributed by atoms with Gasteiger partial charge in [0.15, 0.2) is 0 Å². The molecule has 0 spiro atoms. The van der Waals surface area contributed by atoms with Gasteiger partial charge in [-0.1, -0.05) is 36.9 Å². The van der Waals surface area contributed by atoms with Crippen molar-refractivity contribution in [3.63, 3.8) is 0 Å². The maximum atomic E-state index is 14.3. The summed E-state index contributed by atoms with van der Waals surface area (Å²) >= 11 is 0.891. The number of hydrogen-bond acceptors (Lipinski definition) is 7. The molecule has 30 heavy (non-hydrogen) atoms. The van der Waals surface area contributed by atoms with E-state index in [4.69, 9.17) is 5.73 Å². The lowest BCUT2D eigenvalue weighted by Crippen LogP contribution is -2.25. The summed E-state index contributed by atoms with van der Waals surface area (Å²) in [7, 11) is 0. The van der Waals surface area contributed by atoms with E-state index in [9.17, 15) is 24.8 Å². The molecule has 1 amide bonds. The number of carbonyl (C=O) groups excluding carboxylic acids is 1. The largest absolute Gasteiger partial charge is 0.391 e. The fraction of sp³-hybridized carbons (Fsp3) is 0.333. The monoisotopic (exact) mass is 425 g/mol. The number of pyridine rings is 1. The Morgan fingerprint density at radius 3 is 2.63 bits per heavy atom. The van der Waals surface area contributed by atoms with Gasteiger partial charge in [0.1, 0.15) is 34.0 Å². The summed E-state index contributed by atoms with van der Waals surface area (Å²) in [5.41, 5.74) is 6.60. The van der Waals surface area contributed by atoms with Crippen LogP contribution in [0.5, 0.6) is 0 Å². The number of thioether (sulfide) groups is 1. The fourth-order valence-electron chi connectivity index (χ4n) is 3.51. The van der Waals surface area contributed by atoms with Crippen molar-refractivity contribution in [1.82, 2.24) is 4.98 Å². The Labute approximate surface area is 177 Å². The summed E-state index contributed by atoms with van der Waals surface area (Å²) in [6, 6.07) is 10.0.